The van der Waals surface area contributed by atoms with Gasteiger partial charge in [0, 0.05) is 25.7 Å². The molecule has 0 aliphatic carbocycles. The van der Waals surface area contributed by atoms with Gasteiger partial charge < -0.3 is 33.8 Å². The van der Waals surface area contributed by atoms with E-state index < -0.39 is 97.5 Å². The van der Waals surface area contributed by atoms with Crippen molar-refractivity contribution >= 4 is 39.5 Å². The summed E-state index contributed by atoms with van der Waals surface area (Å²) in [6, 6.07) is 0. The maximum absolute atomic E-state index is 13.1. The van der Waals surface area contributed by atoms with E-state index in [9.17, 15) is 43.2 Å². The van der Waals surface area contributed by atoms with Gasteiger partial charge in [-0.15, -0.1) is 0 Å². The molecule has 0 fully saturated rings. The highest BCUT2D eigenvalue weighted by Gasteiger charge is 2.30. The summed E-state index contributed by atoms with van der Waals surface area (Å²) in [5.74, 6) is -0.491. The highest BCUT2D eigenvalue weighted by molar-refractivity contribution is 7.47. The Bertz CT molecular complexity index is 1920. The van der Waals surface area contributed by atoms with Crippen LogP contribution in [0.2, 0.25) is 0 Å². The van der Waals surface area contributed by atoms with Crippen LogP contribution in [0, 0.1) is 11.8 Å². The predicted molar refractivity (Wildman–Crippen MR) is 409 cm³/mol. The lowest BCUT2D eigenvalue weighted by molar-refractivity contribution is -0.161. The third-order valence-electron chi connectivity index (χ3n) is 19.0. The third-order valence-corrected chi connectivity index (χ3v) is 20.9. The van der Waals surface area contributed by atoms with Gasteiger partial charge in [0.15, 0.2) is 12.2 Å². The highest BCUT2D eigenvalue weighted by Crippen LogP contribution is 2.45. The minimum Gasteiger partial charge on any atom is -0.462 e. The fraction of sp³-hybridized carbons (Fsp3) is 0.951. The molecule has 0 aromatic rings. The SMILES string of the molecule is CCCCCCCCCCCCCCCC(=O)O[C@H](COC(=O)CCCCCCCCCCCC)COP(=O)(O)OC[C@H](O)COP(=O)(O)OC[C@@H](COC(=O)CCCCCCCCCCCCCCCCCC(C)C)OC(=O)CCCCCCCCCCCCCCCCCCC(C)C. The first kappa shape index (κ1) is 98.1. The molecule has 19 heteroatoms. The van der Waals surface area contributed by atoms with Crippen LogP contribution in [-0.4, -0.2) is 96.7 Å². The lowest BCUT2D eigenvalue weighted by Crippen LogP contribution is -2.30. The summed E-state index contributed by atoms with van der Waals surface area (Å²) in [6.45, 7) is 9.69. The molecule has 2 unspecified atom stereocenters. The quantitative estimate of drug-likeness (QED) is 0.0222. The van der Waals surface area contributed by atoms with Gasteiger partial charge in [-0.25, -0.2) is 9.13 Å². The molecule has 100 heavy (non-hydrogen) atoms. The average molecular weight is 1470 g/mol. The number of unbranched alkanes of at least 4 members (excludes halogenated alkanes) is 50. The van der Waals surface area contributed by atoms with Gasteiger partial charge in [0.2, 0.25) is 0 Å². The van der Waals surface area contributed by atoms with E-state index in [0.717, 1.165) is 102 Å². The van der Waals surface area contributed by atoms with Crippen molar-refractivity contribution in [3.8, 4) is 0 Å². The minimum atomic E-state index is -4.96. The second-order valence-corrected chi connectivity index (χ2v) is 33.0. The van der Waals surface area contributed by atoms with Crippen LogP contribution in [0.5, 0.6) is 0 Å². The van der Waals surface area contributed by atoms with E-state index in [4.69, 9.17) is 37.0 Å². The van der Waals surface area contributed by atoms with Crippen molar-refractivity contribution in [3.05, 3.63) is 0 Å². The van der Waals surface area contributed by atoms with Crippen molar-refractivity contribution in [3.63, 3.8) is 0 Å². The summed E-state index contributed by atoms with van der Waals surface area (Å²) in [5, 5.41) is 10.6. The molecular formula is C81H158O17P2. The molecule has 17 nitrogen and oxygen atoms in total. The maximum atomic E-state index is 13.1. The molecule has 3 N–H and O–H groups in total. The van der Waals surface area contributed by atoms with Gasteiger partial charge in [0.25, 0.3) is 0 Å². The monoisotopic (exact) mass is 1470 g/mol. The summed E-state index contributed by atoms with van der Waals surface area (Å²) in [4.78, 5) is 73.0. The van der Waals surface area contributed by atoms with Crippen LogP contribution in [0.1, 0.15) is 427 Å². The van der Waals surface area contributed by atoms with Crippen LogP contribution in [-0.2, 0) is 65.4 Å². The molecule has 0 spiro atoms. The largest absolute Gasteiger partial charge is 0.472 e. The van der Waals surface area contributed by atoms with Crippen molar-refractivity contribution in [1.82, 2.24) is 0 Å². The second-order valence-electron chi connectivity index (χ2n) is 30.1. The van der Waals surface area contributed by atoms with Gasteiger partial charge in [-0.3, -0.25) is 37.3 Å². The van der Waals surface area contributed by atoms with Crippen LogP contribution in [0.25, 0.3) is 0 Å². The molecule has 0 bridgehead atoms. The van der Waals surface area contributed by atoms with Crippen LogP contribution in [0.3, 0.4) is 0 Å². The molecule has 0 aliphatic rings. The third kappa shape index (κ3) is 74.3. The summed E-state index contributed by atoms with van der Waals surface area (Å²) < 4.78 is 68.7. The van der Waals surface area contributed by atoms with Gasteiger partial charge in [-0.05, 0) is 37.5 Å². The van der Waals surface area contributed by atoms with Crippen molar-refractivity contribution in [2.24, 2.45) is 11.8 Å². The number of esters is 4. The Morgan fingerprint density at radius 3 is 0.680 bits per heavy atom. The Morgan fingerprint density at radius 1 is 0.270 bits per heavy atom. The zero-order valence-corrected chi connectivity index (χ0v) is 67.3. The number of ether oxygens (including phenoxy) is 4. The molecule has 0 heterocycles. The number of hydrogen-bond donors (Lipinski definition) is 3. The van der Waals surface area contributed by atoms with Gasteiger partial charge >= 0.3 is 39.5 Å². The van der Waals surface area contributed by atoms with Crippen LogP contribution >= 0.6 is 15.6 Å². The second kappa shape index (κ2) is 72.6. The number of carbonyl (C=O) groups excluding carboxylic acids is 4. The smallest absolute Gasteiger partial charge is 0.462 e. The van der Waals surface area contributed by atoms with Crippen molar-refractivity contribution in [1.29, 1.82) is 0 Å². The van der Waals surface area contributed by atoms with E-state index >= 15 is 0 Å². The van der Waals surface area contributed by atoms with Crippen LogP contribution < -0.4 is 0 Å². The summed E-state index contributed by atoms with van der Waals surface area (Å²) in [6.07, 6.45) is 62.3. The van der Waals surface area contributed by atoms with Gasteiger partial charge in [-0.2, -0.15) is 0 Å². The molecule has 0 radical (unpaired) electrons. The van der Waals surface area contributed by atoms with E-state index in [1.807, 2.05) is 0 Å². The van der Waals surface area contributed by atoms with Crippen molar-refractivity contribution < 1.29 is 80.2 Å². The van der Waals surface area contributed by atoms with E-state index in [0.29, 0.717) is 25.7 Å². The molecule has 0 amide bonds. The Balaban J connectivity index is 5.23. The van der Waals surface area contributed by atoms with Crippen LogP contribution in [0.4, 0.5) is 0 Å². The summed E-state index contributed by atoms with van der Waals surface area (Å²) in [7, 11) is -9.92. The number of hydrogen-bond acceptors (Lipinski definition) is 15. The van der Waals surface area contributed by atoms with E-state index in [-0.39, 0.29) is 25.7 Å². The number of phosphoric acid groups is 2. The fourth-order valence-electron chi connectivity index (χ4n) is 12.5. The first-order chi connectivity index (χ1) is 48.4. The standard InChI is InChI=1S/C81H158O17P2/c1-7-9-11-13-15-17-19-27-35-41-47-53-59-65-80(85)97-76(69-91-78(83)63-57-51-45-39-18-16-14-12-10-8-2)71-95-99(87,88)93-67-75(82)68-94-100(89,90)96-72-77(70-92-79(84)64-58-52-46-40-34-30-26-22-24-29-33-38-44-50-56-62-74(5)6)98-81(86)66-60-54-48-42-36-31-25-21-20-23-28-32-37-43-49-55-61-73(3)4/h73-77,82H,7-72H2,1-6H3,(H,87,88)(H,89,90)/t75-,76+,77+/m0/s1. The maximum Gasteiger partial charge on any atom is 0.472 e. The zero-order chi connectivity index (χ0) is 73.5. The molecule has 5 atom stereocenters. The van der Waals surface area contributed by atoms with E-state index in [1.54, 1.807) is 0 Å². The van der Waals surface area contributed by atoms with Crippen LogP contribution in [0.15, 0.2) is 0 Å². The van der Waals surface area contributed by atoms with Gasteiger partial charge in [-0.1, -0.05) is 375 Å². The Kier molecular flexibility index (Phi) is 71.2. The minimum absolute atomic E-state index is 0.108. The molecule has 0 saturated carbocycles. The lowest BCUT2D eigenvalue weighted by Gasteiger charge is -2.21. The van der Waals surface area contributed by atoms with Gasteiger partial charge in [0.05, 0.1) is 26.4 Å². The number of carbonyl (C=O) groups is 4. The lowest BCUT2D eigenvalue weighted by atomic mass is 10.0. The van der Waals surface area contributed by atoms with E-state index in [1.165, 1.54) is 244 Å². The molecule has 0 saturated heterocycles. The number of rotatable bonds is 80. The predicted octanol–water partition coefficient (Wildman–Crippen LogP) is 24.3. The average Bonchev–Trinajstić information content (AvgIpc) is 0.928. The number of aliphatic hydroxyl groups is 1. The molecule has 0 aromatic heterocycles. The number of aliphatic hydroxyl groups excluding tert-OH is 1. The van der Waals surface area contributed by atoms with Gasteiger partial charge in [0.1, 0.15) is 19.3 Å². The Hall–Kier alpha value is -1.94. The summed E-state index contributed by atoms with van der Waals surface area (Å²) in [5.41, 5.74) is 0. The molecule has 594 valence electrons. The Morgan fingerprint density at radius 2 is 0.460 bits per heavy atom. The van der Waals surface area contributed by atoms with Crippen molar-refractivity contribution in [2.45, 2.75) is 445 Å². The summed E-state index contributed by atoms with van der Waals surface area (Å²) >= 11 is 0. The molecule has 0 aromatic carbocycles. The molecule has 0 rings (SSSR count). The topological polar surface area (TPSA) is 237 Å². The molecule has 0 aliphatic heterocycles. The first-order valence-corrected chi connectivity index (χ1v) is 45.0. The molecular weight excluding hydrogens is 1310 g/mol. The Labute approximate surface area is 613 Å². The fourth-order valence-corrected chi connectivity index (χ4v) is 14.1. The number of phosphoric ester groups is 2. The normalized spacial score (nSPS) is 13.9. The first-order valence-electron chi connectivity index (χ1n) is 42.0. The van der Waals surface area contributed by atoms with Crippen molar-refractivity contribution in [2.75, 3.05) is 39.6 Å². The zero-order valence-electron chi connectivity index (χ0n) is 65.5. The van der Waals surface area contributed by atoms with E-state index in [2.05, 4.69) is 41.5 Å². The highest BCUT2D eigenvalue weighted by atomic mass is 31.2.